The average molecular weight is 460 g/mol. The van der Waals surface area contributed by atoms with Gasteiger partial charge in [0.05, 0.1) is 5.69 Å². The summed E-state index contributed by atoms with van der Waals surface area (Å²) in [5.41, 5.74) is 1.64. The van der Waals surface area contributed by atoms with Gasteiger partial charge >= 0.3 is 6.36 Å². The van der Waals surface area contributed by atoms with Crippen molar-refractivity contribution in [1.82, 2.24) is 14.7 Å². The molecule has 1 amide bonds. The van der Waals surface area contributed by atoms with Gasteiger partial charge in [-0.25, -0.2) is 4.39 Å². The molecule has 0 saturated carbocycles. The van der Waals surface area contributed by atoms with Crippen LogP contribution in [0.4, 0.5) is 23.2 Å². The lowest BCUT2D eigenvalue weighted by atomic mass is 10.2. The number of carbonyl (C=O) groups excluding carboxylic acids is 1. The second-order valence-electron chi connectivity index (χ2n) is 7.05. The Balaban J connectivity index is 1.47. The van der Waals surface area contributed by atoms with Gasteiger partial charge in [-0.1, -0.05) is 11.2 Å². The zero-order valence-electron chi connectivity index (χ0n) is 17.1. The number of anilines is 1. The maximum Gasteiger partial charge on any atom is 0.573 e. The maximum atomic E-state index is 14.0. The molecule has 1 N–H and O–H groups in total. The molecule has 0 spiro atoms. The summed E-state index contributed by atoms with van der Waals surface area (Å²) in [5, 5.41) is 6.36. The molecule has 4 aromatic rings. The smallest absolute Gasteiger partial charge is 0.406 e. The lowest BCUT2D eigenvalue weighted by Crippen LogP contribution is -2.19. The first-order chi connectivity index (χ1) is 15.7. The highest BCUT2D eigenvalue weighted by Crippen LogP contribution is 2.27. The van der Waals surface area contributed by atoms with Crippen LogP contribution < -0.4 is 10.1 Å². The first-order valence-electron chi connectivity index (χ1n) is 9.59. The molecule has 11 heteroatoms. The Morgan fingerprint density at radius 2 is 1.91 bits per heavy atom. The molecule has 0 aliphatic heterocycles. The van der Waals surface area contributed by atoms with Gasteiger partial charge in [0.1, 0.15) is 23.8 Å². The number of carbonyl (C=O) groups is 1. The first-order valence-corrected chi connectivity index (χ1v) is 9.59. The highest BCUT2D eigenvalue weighted by Gasteiger charge is 2.31. The van der Waals surface area contributed by atoms with Crippen molar-refractivity contribution < 1.29 is 31.6 Å². The number of alkyl halides is 3. The fourth-order valence-corrected chi connectivity index (χ4v) is 3.06. The minimum atomic E-state index is -4.79. The lowest BCUT2D eigenvalue weighted by molar-refractivity contribution is -0.274. The Morgan fingerprint density at radius 3 is 2.61 bits per heavy atom. The van der Waals surface area contributed by atoms with Gasteiger partial charge in [0.2, 0.25) is 11.7 Å². The molecule has 0 atom stereocenters. The standard InChI is InChI=1S/C22H16F4N4O3/c1-13-4-9-17(16(23)11-13)27-19(31)12-30-10-2-3-18(30)21-28-20(29-33-21)14-5-7-15(8-6-14)32-22(24,25)26/h2-11H,12H2,1H3,(H,27,31). The van der Waals surface area contributed by atoms with Gasteiger partial charge in [-0.3, -0.25) is 4.79 Å². The van der Waals surface area contributed by atoms with E-state index in [0.717, 1.165) is 17.7 Å². The summed E-state index contributed by atoms with van der Waals surface area (Å²) in [6.45, 7) is 1.60. The minimum Gasteiger partial charge on any atom is -0.406 e. The number of hydrogen-bond donors (Lipinski definition) is 1. The monoisotopic (exact) mass is 460 g/mol. The summed E-state index contributed by atoms with van der Waals surface area (Å²) in [5.74, 6) is -1.14. The molecular formula is C22H16F4N4O3. The van der Waals surface area contributed by atoms with E-state index < -0.39 is 18.1 Å². The van der Waals surface area contributed by atoms with Crippen LogP contribution in [0.3, 0.4) is 0 Å². The summed E-state index contributed by atoms with van der Waals surface area (Å²) in [7, 11) is 0. The molecule has 0 fully saturated rings. The summed E-state index contributed by atoms with van der Waals surface area (Å²) in [4.78, 5) is 16.7. The molecule has 0 unspecified atom stereocenters. The zero-order valence-corrected chi connectivity index (χ0v) is 17.1. The quantitative estimate of drug-likeness (QED) is 0.401. The Labute approximate surface area is 184 Å². The van der Waals surface area contributed by atoms with E-state index >= 15 is 0 Å². The van der Waals surface area contributed by atoms with Gasteiger partial charge in [-0.05, 0) is 61.0 Å². The summed E-state index contributed by atoms with van der Waals surface area (Å²) in [6, 6.07) is 12.8. The van der Waals surface area contributed by atoms with Crippen LogP contribution in [-0.2, 0) is 11.3 Å². The van der Waals surface area contributed by atoms with Crippen molar-refractivity contribution in [2.24, 2.45) is 0 Å². The van der Waals surface area contributed by atoms with Crippen LogP contribution in [0.2, 0.25) is 0 Å². The Bertz CT molecular complexity index is 1280. The molecule has 170 valence electrons. The number of amides is 1. The highest BCUT2D eigenvalue weighted by molar-refractivity contribution is 5.91. The van der Waals surface area contributed by atoms with Crippen LogP contribution in [0.15, 0.2) is 65.3 Å². The predicted octanol–water partition coefficient (Wildman–Crippen LogP) is 5.19. The van der Waals surface area contributed by atoms with Crippen LogP contribution in [0.5, 0.6) is 5.75 Å². The number of nitrogens with one attached hydrogen (secondary N) is 1. The largest absolute Gasteiger partial charge is 0.573 e. The van der Waals surface area contributed by atoms with Crippen LogP contribution in [0, 0.1) is 12.7 Å². The molecule has 0 aliphatic carbocycles. The summed E-state index contributed by atoms with van der Waals surface area (Å²) < 4.78 is 61.5. The number of ether oxygens (including phenoxy) is 1. The second kappa shape index (κ2) is 8.77. The van der Waals surface area contributed by atoms with Crippen LogP contribution in [-0.4, -0.2) is 27.0 Å². The SMILES string of the molecule is Cc1ccc(NC(=O)Cn2cccc2-c2nc(-c3ccc(OC(F)(F)F)cc3)no2)c(F)c1. The first kappa shape index (κ1) is 22.1. The maximum absolute atomic E-state index is 14.0. The Hall–Kier alpha value is -4.15. The van der Waals surface area contributed by atoms with Crippen molar-refractivity contribution in [2.45, 2.75) is 19.8 Å². The zero-order chi connectivity index (χ0) is 23.6. The third-order valence-electron chi connectivity index (χ3n) is 4.53. The lowest BCUT2D eigenvalue weighted by Gasteiger charge is -2.09. The van der Waals surface area contributed by atoms with Gasteiger partial charge in [0.15, 0.2) is 0 Å². The number of benzene rings is 2. The number of aryl methyl sites for hydroxylation is 1. The van der Waals surface area contributed by atoms with E-state index in [1.165, 1.54) is 24.3 Å². The third-order valence-corrected chi connectivity index (χ3v) is 4.53. The van der Waals surface area contributed by atoms with Gasteiger partial charge in [-0.15, -0.1) is 13.2 Å². The van der Waals surface area contributed by atoms with Gasteiger partial charge in [-0.2, -0.15) is 4.98 Å². The van der Waals surface area contributed by atoms with Crippen molar-refractivity contribution in [1.29, 1.82) is 0 Å². The molecule has 2 aromatic heterocycles. The van der Waals surface area contributed by atoms with E-state index in [-0.39, 0.29) is 29.7 Å². The third kappa shape index (κ3) is 5.37. The normalized spacial score (nSPS) is 11.4. The average Bonchev–Trinajstić information content (AvgIpc) is 3.39. The molecular weight excluding hydrogens is 444 g/mol. The van der Waals surface area contributed by atoms with Crippen molar-refractivity contribution in [2.75, 3.05) is 5.32 Å². The fourth-order valence-electron chi connectivity index (χ4n) is 3.06. The van der Waals surface area contributed by atoms with E-state index in [0.29, 0.717) is 11.3 Å². The molecule has 2 aromatic carbocycles. The molecule has 33 heavy (non-hydrogen) atoms. The number of halogens is 4. The molecule has 0 bridgehead atoms. The molecule has 0 saturated heterocycles. The molecule has 2 heterocycles. The van der Waals surface area contributed by atoms with E-state index in [2.05, 4.69) is 20.2 Å². The molecule has 7 nitrogen and oxygen atoms in total. The second-order valence-corrected chi connectivity index (χ2v) is 7.05. The van der Waals surface area contributed by atoms with Gasteiger partial charge in [0, 0.05) is 11.8 Å². The van der Waals surface area contributed by atoms with Crippen molar-refractivity contribution in [3.05, 3.63) is 72.2 Å². The minimum absolute atomic E-state index is 0.0670. The summed E-state index contributed by atoms with van der Waals surface area (Å²) >= 11 is 0. The number of nitrogens with zero attached hydrogens (tertiary/aromatic N) is 3. The topological polar surface area (TPSA) is 82.2 Å². The van der Waals surface area contributed by atoms with Crippen LogP contribution in [0.1, 0.15) is 5.56 Å². The predicted molar refractivity (Wildman–Crippen MR) is 110 cm³/mol. The van der Waals surface area contributed by atoms with Crippen molar-refractivity contribution in [3.8, 4) is 28.7 Å². The van der Waals surface area contributed by atoms with Crippen LogP contribution in [0.25, 0.3) is 23.0 Å². The van der Waals surface area contributed by atoms with Gasteiger partial charge in [0.25, 0.3) is 5.89 Å². The molecule has 4 rings (SSSR count). The van der Waals surface area contributed by atoms with E-state index in [4.69, 9.17) is 4.52 Å². The van der Waals surface area contributed by atoms with Crippen molar-refractivity contribution >= 4 is 11.6 Å². The Morgan fingerprint density at radius 1 is 1.15 bits per heavy atom. The number of aromatic nitrogens is 3. The van der Waals surface area contributed by atoms with Crippen molar-refractivity contribution in [3.63, 3.8) is 0 Å². The number of rotatable bonds is 6. The highest BCUT2D eigenvalue weighted by atomic mass is 19.4. The molecule has 0 radical (unpaired) electrons. The van der Waals surface area contributed by atoms with Crippen LogP contribution >= 0.6 is 0 Å². The molecule has 0 aliphatic rings. The van der Waals surface area contributed by atoms with E-state index in [1.54, 1.807) is 35.9 Å². The Kier molecular flexibility index (Phi) is 5.86. The van der Waals surface area contributed by atoms with E-state index in [9.17, 15) is 22.4 Å². The summed E-state index contributed by atoms with van der Waals surface area (Å²) in [6.07, 6.45) is -3.17. The fraction of sp³-hybridized carbons (Fsp3) is 0.136. The number of hydrogen-bond acceptors (Lipinski definition) is 5. The van der Waals surface area contributed by atoms with Gasteiger partial charge < -0.3 is 19.1 Å². The van der Waals surface area contributed by atoms with E-state index in [1.807, 2.05) is 0 Å².